The van der Waals surface area contributed by atoms with E-state index >= 15 is 0 Å². The number of nitrogens with one attached hydrogen (secondary N) is 2. The van der Waals surface area contributed by atoms with Crippen molar-refractivity contribution < 1.29 is 9.47 Å². The van der Waals surface area contributed by atoms with Crippen LogP contribution in [0.25, 0.3) is 0 Å². The summed E-state index contributed by atoms with van der Waals surface area (Å²) in [5.74, 6) is 1.47. The second-order valence-corrected chi connectivity index (χ2v) is 5.70. The normalized spacial score (nSPS) is 17.2. The van der Waals surface area contributed by atoms with E-state index in [-0.39, 0.29) is 0 Å². The van der Waals surface area contributed by atoms with Crippen molar-refractivity contribution in [3.8, 4) is 0 Å². The molecule has 6 nitrogen and oxygen atoms in total. The Kier molecular flexibility index (Phi) is 10.2. The van der Waals surface area contributed by atoms with E-state index in [4.69, 9.17) is 9.47 Å². The predicted octanol–water partition coefficient (Wildman–Crippen LogP) is 0.546. The van der Waals surface area contributed by atoms with E-state index in [1.165, 1.54) is 0 Å². The third-order valence-corrected chi connectivity index (χ3v) is 3.26. The first-order valence-corrected chi connectivity index (χ1v) is 8.04. The third-order valence-electron chi connectivity index (χ3n) is 3.26. The Bertz CT molecular complexity index is 279. The second kappa shape index (κ2) is 11.8. The minimum absolute atomic E-state index is 0.604. The van der Waals surface area contributed by atoms with Crippen LogP contribution < -0.4 is 10.6 Å². The third kappa shape index (κ3) is 9.66. The number of guanidine groups is 1. The minimum Gasteiger partial charge on any atom is -0.381 e. The number of rotatable bonds is 9. The van der Waals surface area contributed by atoms with Crippen LogP contribution in [0.2, 0.25) is 0 Å². The standard InChI is InChI=1S/C15H32N4O2/c1-14(2)13-21-10-4-5-17-15(16-3)18-6-7-19-8-11-20-12-9-19/h14H,4-13H2,1-3H3,(H2,16,17,18). The fourth-order valence-corrected chi connectivity index (χ4v) is 2.08. The first kappa shape index (κ1) is 18.2. The highest BCUT2D eigenvalue weighted by molar-refractivity contribution is 5.79. The molecule has 21 heavy (non-hydrogen) atoms. The predicted molar refractivity (Wildman–Crippen MR) is 86.9 cm³/mol. The average molecular weight is 300 g/mol. The topological polar surface area (TPSA) is 58.1 Å². The molecule has 0 atom stereocenters. The largest absolute Gasteiger partial charge is 0.381 e. The van der Waals surface area contributed by atoms with Crippen LogP contribution in [0.15, 0.2) is 4.99 Å². The molecule has 0 radical (unpaired) electrons. The zero-order valence-electron chi connectivity index (χ0n) is 13.9. The number of hydrogen-bond donors (Lipinski definition) is 2. The summed E-state index contributed by atoms with van der Waals surface area (Å²) in [4.78, 5) is 6.63. The number of hydrogen-bond acceptors (Lipinski definition) is 4. The Labute approximate surface area is 129 Å². The van der Waals surface area contributed by atoms with Crippen molar-refractivity contribution in [1.29, 1.82) is 0 Å². The van der Waals surface area contributed by atoms with Crippen molar-refractivity contribution in [3.05, 3.63) is 0 Å². The summed E-state index contributed by atoms with van der Waals surface area (Å²) in [6.07, 6.45) is 0.997. The molecule has 0 bridgehead atoms. The fraction of sp³-hybridized carbons (Fsp3) is 0.933. The van der Waals surface area contributed by atoms with Crippen LogP contribution in [0.1, 0.15) is 20.3 Å². The molecule has 1 rings (SSSR count). The maximum absolute atomic E-state index is 5.55. The minimum atomic E-state index is 0.604. The monoisotopic (exact) mass is 300 g/mol. The maximum Gasteiger partial charge on any atom is 0.191 e. The van der Waals surface area contributed by atoms with Crippen LogP contribution in [-0.4, -0.2) is 77.1 Å². The second-order valence-electron chi connectivity index (χ2n) is 5.70. The van der Waals surface area contributed by atoms with Gasteiger partial charge in [0.25, 0.3) is 0 Å². The molecule has 1 saturated heterocycles. The zero-order chi connectivity index (χ0) is 15.3. The van der Waals surface area contributed by atoms with Crippen molar-refractivity contribution >= 4 is 5.96 Å². The number of nitrogens with zero attached hydrogens (tertiary/aromatic N) is 2. The lowest BCUT2D eigenvalue weighted by molar-refractivity contribution is 0.0389. The molecule has 0 amide bonds. The summed E-state index contributed by atoms with van der Waals surface area (Å²) in [6, 6.07) is 0. The van der Waals surface area contributed by atoms with Gasteiger partial charge >= 0.3 is 0 Å². The van der Waals surface area contributed by atoms with Gasteiger partial charge in [0.2, 0.25) is 0 Å². The number of morpholine rings is 1. The molecule has 1 heterocycles. The molecule has 0 aromatic rings. The highest BCUT2D eigenvalue weighted by atomic mass is 16.5. The van der Waals surface area contributed by atoms with Gasteiger partial charge < -0.3 is 20.1 Å². The van der Waals surface area contributed by atoms with Crippen molar-refractivity contribution in [2.24, 2.45) is 10.9 Å². The molecular weight excluding hydrogens is 268 g/mol. The lowest BCUT2D eigenvalue weighted by atomic mass is 10.2. The first-order chi connectivity index (χ1) is 10.2. The van der Waals surface area contributed by atoms with Gasteiger partial charge in [0.15, 0.2) is 5.96 Å². The van der Waals surface area contributed by atoms with Crippen molar-refractivity contribution in [3.63, 3.8) is 0 Å². The Morgan fingerprint density at radius 3 is 2.62 bits per heavy atom. The Morgan fingerprint density at radius 2 is 1.95 bits per heavy atom. The van der Waals surface area contributed by atoms with Crippen LogP contribution in [-0.2, 0) is 9.47 Å². The average Bonchev–Trinajstić information content (AvgIpc) is 2.49. The highest BCUT2D eigenvalue weighted by Crippen LogP contribution is 1.95. The quantitative estimate of drug-likeness (QED) is 0.370. The van der Waals surface area contributed by atoms with Crippen LogP contribution in [0.5, 0.6) is 0 Å². The summed E-state index contributed by atoms with van der Waals surface area (Å²) >= 11 is 0. The molecular formula is C15H32N4O2. The molecule has 0 aromatic carbocycles. The molecule has 6 heteroatoms. The van der Waals surface area contributed by atoms with E-state index in [9.17, 15) is 0 Å². The van der Waals surface area contributed by atoms with Crippen molar-refractivity contribution in [2.45, 2.75) is 20.3 Å². The van der Waals surface area contributed by atoms with E-state index in [0.717, 1.165) is 71.5 Å². The number of aliphatic imine (C=N–C) groups is 1. The van der Waals surface area contributed by atoms with Gasteiger partial charge in [-0.25, -0.2) is 0 Å². The van der Waals surface area contributed by atoms with E-state index in [1.807, 2.05) is 0 Å². The van der Waals surface area contributed by atoms with E-state index in [0.29, 0.717) is 5.92 Å². The van der Waals surface area contributed by atoms with Gasteiger partial charge in [0.05, 0.1) is 13.2 Å². The molecule has 0 saturated carbocycles. The van der Waals surface area contributed by atoms with Gasteiger partial charge in [-0.1, -0.05) is 13.8 Å². The SMILES string of the molecule is CN=C(NCCCOCC(C)C)NCCN1CCOCC1. The smallest absolute Gasteiger partial charge is 0.191 e. The van der Waals surface area contributed by atoms with E-state index in [1.54, 1.807) is 7.05 Å². The van der Waals surface area contributed by atoms with E-state index < -0.39 is 0 Å². The fourth-order valence-electron chi connectivity index (χ4n) is 2.08. The lowest BCUT2D eigenvalue weighted by Crippen LogP contribution is -2.44. The molecule has 0 unspecified atom stereocenters. The molecule has 0 aromatic heterocycles. The van der Waals surface area contributed by atoms with Gasteiger partial charge in [-0.2, -0.15) is 0 Å². The summed E-state index contributed by atoms with van der Waals surface area (Å²) in [5, 5.41) is 6.65. The molecule has 1 aliphatic heterocycles. The summed E-state index contributed by atoms with van der Waals surface area (Å²) < 4.78 is 10.9. The summed E-state index contributed by atoms with van der Waals surface area (Å²) in [5.41, 5.74) is 0. The van der Waals surface area contributed by atoms with Crippen LogP contribution in [0.4, 0.5) is 0 Å². The Balaban J connectivity index is 1.98. The maximum atomic E-state index is 5.55. The zero-order valence-corrected chi connectivity index (χ0v) is 13.9. The van der Waals surface area contributed by atoms with Gasteiger partial charge in [0, 0.05) is 53.0 Å². The summed E-state index contributed by atoms with van der Waals surface area (Å²) in [6.45, 7) is 12.5. The van der Waals surface area contributed by atoms with Gasteiger partial charge in [-0.15, -0.1) is 0 Å². The van der Waals surface area contributed by atoms with Gasteiger partial charge in [0.1, 0.15) is 0 Å². The molecule has 0 spiro atoms. The molecule has 124 valence electrons. The summed E-state index contributed by atoms with van der Waals surface area (Å²) in [7, 11) is 1.80. The Morgan fingerprint density at radius 1 is 1.24 bits per heavy atom. The van der Waals surface area contributed by atoms with Gasteiger partial charge in [-0.05, 0) is 12.3 Å². The van der Waals surface area contributed by atoms with Crippen LogP contribution in [0.3, 0.4) is 0 Å². The Hall–Kier alpha value is -0.850. The number of ether oxygens (including phenoxy) is 2. The van der Waals surface area contributed by atoms with Gasteiger partial charge in [-0.3, -0.25) is 9.89 Å². The molecule has 1 fully saturated rings. The first-order valence-electron chi connectivity index (χ1n) is 8.04. The van der Waals surface area contributed by atoms with Crippen molar-refractivity contribution in [2.75, 3.05) is 66.2 Å². The van der Waals surface area contributed by atoms with Crippen LogP contribution in [0, 0.1) is 5.92 Å². The lowest BCUT2D eigenvalue weighted by Gasteiger charge is -2.26. The van der Waals surface area contributed by atoms with Crippen LogP contribution >= 0.6 is 0 Å². The molecule has 1 aliphatic rings. The molecule has 2 N–H and O–H groups in total. The highest BCUT2D eigenvalue weighted by Gasteiger charge is 2.09. The van der Waals surface area contributed by atoms with Crippen molar-refractivity contribution in [1.82, 2.24) is 15.5 Å². The molecule has 0 aliphatic carbocycles. The van der Waals surface area contributed by atoms with E-state index in [2.05, 4.69) is 34.4 Å².